The van der Waals surface area contributed by atoms with Crippen molar-refractivity contribution in [3.8, 4) is 29.2 Å². The van der Waals surface area contributed by atoms with Crippen LogP contribution in [0.1, 0.15) is 5.56 Å². The fourth-order valence-electron chi connectivity index (χ4n) is 3.28. The Hall–Kier alpha value is -2.52. The molecule has 0 aliphatic rings. The average molecular weight is 561 g/mol. The van der Waals surface area contributed by atoms with Gasteiger partial charge >= 0.3 is 0 Å². The lowest BCUT2D eigenvalue weighted by Crippen LogP contribution is -2.15. The van der Waals surface area contributed by atoms with Gasteiger partial charge in [-0.25, -0.2) is 0 Å². The maximum absolute atomic E-state index is 5.74. The summed E-state index contributed by atoms with van der Waals surface area (Å²) in [6, 6.07) is 15.9. The molecule has 0 unspecified atom stereocenters. The number of benzene rings is 2. The highest BCUT2D eigenvalue weighted by Gasteiger charge is 2.00. The standard InChI is InChI=1S/C31H44O9/c1-3-28-4-6-29(7-5-28)30-8-10-31(11-9-30)40-27-26-39-25-24-38-23-22-37-21-20-36-19-18-35-17-16-34-15-14-33-13-12-32-2/h1,4-11H,12-27H2,2H3. The van der Waals surface area contributed by atoms with E-state index in [1.807, 2.05) is 48.5 Å². The quantitative estimate of drug-likeness (QED) is 0.127. The smallest absolute Gasteiger partial charge is 0.119 e. The summed E-state index contributed by atoms with van der Waals surface area (Å²) in [7, 11) is 1.65. The van der Waals surface area contributed by atoms with Gasteiger partial charge in [0.05, 0.1) is 99.1 Å². The summed E-state index contributed by atoms with van der Waals surface area (Å²) >= 11 is 0. The highest BCUT2D eigenvalue weighted by molar-refractivity contribution is 5.65. The van der Waals surface area contributed by atoms with E-state index in [0.29, 0.717) is 106 Å². The van der Waals surface area contributed by atoms with Crippen LogP contribution in [0.5, 0.6) is 5.75 Å². The van der Waals surface area contributed by atoms with Gasteiger partial charge < -0.3 is 42.6 Å². The van der Waals surface area contributed by atoms with Gasteiger partial charge in [-0.1, -0.05) is 30.2 Å². The van der Waals surface area contributed by atoms with E-state index < -0.39 is 0 Å². The van der Waals surface area contributed by atoms with Gasteiger partial charge in [0.15, 0.2) is 0 Å². The Morgan fingerprint density at radius 3 is 1.12 bits per heavy atom. The molecule has 2 aromatic carbocycles. The van der Waals surface area contributed by atoms with Crippen LogP contribution in [0.25, 0.3) is 11.1 Å². The van der Waals surface area contributed by atoms with Crippen LogP contribution < -0.4 is 4.74 Å². The molecule has 0 spiro atoms. The zero-order valence-corrected chi connectivity index (χ0v) is 23.7. The topological polar surface area (TPSA) is 83.1 Å². The van der Waals surface area contributed by atoms with Crippen LogP contribution in [0.15, 0.2) is 48.5 Å². The molecule has 2 aromatic rings. The molecule has 0 saturated carbocycles. The molecular formula is C31H44O9. The largest absolute Gasteiger partial charge is 0.491 e. The molecule has 0 N–H and O–H groups in total. The SMILES string of the molecule is C#Cc1ccc(-c2ccc(OCCOCCOCCOCCOCCOCCOCCOCCOC)cc2)cc1. The lowest BCUT2D eigenvalue weighted by atomic mass is 10.0. The molecule has 0 bridgehead atoms. The van der Waals surface area contributed by atoms with Gasteiger partial charge in [0, 0.05) is 12.7 Å². The highest BCUT2D eigenvalue weighted by Crippen LogP contribution is 2.22. The predicted molar refractivity (Wildman–Crippen MR) is 153 cm³/mol. The zero-order chi connectivity index (χ0) is 28.4. The van der Waals surface area contributed by atoms with E-state index in [0.717, 1.165) is 22.4 Å². The van der Waals surface area contributed by atoms with E-state index in [4.69, 9.17) is 49.1 Å². The van der Waals surface area contributed by atoms with Crippen molar-refractivity contribution in [2.24, 2.45) is 0 Å². The van der Waals surface area contributed by atoms with Gasteiger partial charge in [-0.3, -0.25) is 0 Å². The number of rotatable bonds is 26. The summed E-state index contributed by atoms with van der Waals surface area (Å²) in [5.74, 6) is 3.43. The minimum atomic E-state index is 0.475. The summed E-state index contributed by atoms with van der Waals surface area (Å²) in [5, 5.41) is 0. The molecule has 0 aliphatic heterocycles. The fraction of sp³-hybridized carbons (Fsp3) is 0.548. The highest BCUT2D eigenvalue weighted by atomic mass is 16.6. The Balaban J connectivity index is 1.28. The monoisotopic (exact) mass is 560 g/mol. The molecule has 0 amide bonds. The van der Waals surface area contributed by atoms with E-state index in [2.05, 4.69) is 5.92 Å². The number of ether oxygens (including phenoxy) is 9. The lowest BCUT2D eigenvalue weighted by molar-refractivity contribution is -0.0227. The molecule has 222 valence electrons. The maximum Gasteiger partial charge on any atom is 0.119 e. The third-order valence-electron chi connectivity index (χ3n) is 5.40. The first-order chi connectivity index (χ1) is 19.8. The molecule has 0 atom stereocenters. The second-order valence-corrected chi connectivity index (χ2v) is 8.37. The van der Waals surface area contributed by atoms with E-state index in [1.165, 1.54) is 0 Å². The van der Waals surface area contributed by atoms with Crippen molar-refractivity contribution < 1.29 is 42.6 Å². The minimum Gasteiger partial charge on any atom is -0.491 e. The molecule has 0 radical (unpaired) electrons. The molecule has 9 nitrogen and oxygen atoms in total. The van der Waals surface area contributed by atoms with Gasteiger partial charge in [-0.05, 0) is 35.4 Å². The third kappa shape index (κ3) is 17.2. The Kier molecular flexibility index (Phi) is 20.5. The summed E-state index contributed by atoms with van der Waals surface area (Å²) in [6.07, 6.45) is 5.41. The molecular weight excluding hydrogens is 516 g/mol. The summed E-state index contributed by atoms with van der Waals surface area (Å²) in [4.78, 5) is 0. The second-order valence-electron chi connectivity index (χ2n) is 8.37. The van der Waals surface area contributed by atoms with Crippen LogP contribution in [0, 0.1) is 12.3 Å². The van der Waals surface area contributed by atoms with Crippen LogP contribution in [0.4, 0.5) is 0 Å². The van der Waals surface area contributed by atoms with Gasteiger partial charge in [0.1, 0.15) is 12.4 Å². The predicted octanol–water partition coefficient (Wildman–Crippen LogP) is 3.48. The van der Waals surface area contributed by atoms with Gasteiger partial charge in [-0.2, -0.15) is 0 Å². The Bertz CT molecular complexity index is 881. The van der Waals surface area contributed by atoms with E-state index in [-0.39, 0.29) is 0 Å². The molecule has 0 heterocycles. The zero-order valence-electron chi connectivity index (χ0n) is 23.7. The summed E-state index contributed by atoms with van der Waals surface area (Å²) < 4.78 is 48.8. The number of methoxy groups -OCH3 is 1. The van der Waals surface area contributed by atoms with Crippen LogP contribution in [0.2, 0.25) is 0 Å². The molecule has 2 rings (SSSR count). The molecule has 9 heteroatoms. The van der Waals surface area contributed by atoms with Crippen LogP contribution >= 0.6 is 0 Å². The fourth-order valence-corrected chi connectivity index (χ4v) is 3.28. The van der Waals surface area contributed by atoms with Gasteiger partial charge in [0.25, 0.3) is 0 Å². The van der Waals surface area contributed by atoms with Crippen molar-refractivity contribution in [2.45, 2.75) is 0 Å². The maximum atomic E-state index is 5.74. The van der Waals surface area contributed by atoms with Crippen LogP contribution in [0.3, 0.4) is 0 Å². The summed E-state index contributed by atoms with van der Waals surface area (Å²) in [5.41, 5.74) is 3.10. The lowest BCUT2D eigenvalue weighted by Gasteiger charge is -2.09. The van der Waals surface area contributed by atoms with E-state index in [1.54, 1.807) is 7.11 Å². The van der Waals surface area contributed by atoms with Crippen molar-refractivity contribution in [1.29, 1.82) is 0 Å². The van der Waals surface area contributed by atoms with Crippen LogP contribution in [-0.2, 0) is 37.9 Å². The van der Waals surface area contributed by atoms with Crippen molar-refractivity contribution in [1.82, 2.24) is 0 Å². The van der Waals surface area contributed by atoms with Gasteiger partial charge in [0.2, 0.25) is 0 Å². The van der Waals surface area contributed by atoms with E-state index in [9.17, 15) is 0 Å². The van der Waals surface area contributed by atoms with Crippen LogP contribution in [-0.4, -0.2) is 113 Å². The van der Waals surface area contributed by atoms with Crippen molar-refractivity contribution in [3.05, 3.63) is 54.1 Å². The number of terminal acetylenes is 1. The first-order valence-corrected chi connectivity index (χ1v) is 13.7. The van der Waals surface area contributed by atoms with Crippen molar-refractivity contribution in [3.63, 3.8) is 0 Å². The molecule has 0 aromatic heterocycles. The Morgan fingerprint density at radius 2 is 0.775 bits per heavy atom. The number of hydrogen-bond donors (Lipinski definition) is 0. The van der Waals surface area contributed by atoms with E-state index >= 15 is 0 Å². The first kappa shape index (κ1) is 33.7. The van der Waals surface area contributed by atoms with Crippen molar-refractivity contribution in [2.75, 3.05) is 113 Å². The average Bonchev–Trinajstić information content (AvgIpc) is 2.99. The van der Waals surface area contributed by atoms with Crippen molar-refractivity contribution >= 4 is 0 Å². The molecule has 0 saturated heterocycles. The minimum absolute atomic E-state index is 0.475. The molecule has 0 fully saturated rings. The first-order valence-electron chi connectivity index (χ1n) is 13.7. The molecule has 40 heavy (non-hydrogen) atoms. The third-order valence-corrected chi connectivity index (χ3v) is 5.40. The second kappa shape index (κ2) is 24.3. The summed E-state index contributed by atoms with van der Waals surface area (Å²) in [6.45, 7) is 8.45. The Labute approximate surface area is 238 Å². The van der Waals surface area contributed by atoms with Gasteiger partial charge in [-0.15, -0.1) is 6.42 Å². The normalized spacial score (nSPS) is 11.0. The number of hydrogen-bond acceptors (Lipinski definition) is 9. The Morgan fingerprint density at radius 1 is 0.450 bits per heavy atom. The molecule has 0 aliphatic carbocycles.